The Bertz CT molecular complexity index is 875. The van der Waals surface area contributed by atoms with Crippen LogP contribution in [0.2, 0.25) is 0 Å². The second kappa shape index (κ2) is 5.69. The molecule has 8 heteroatoms. The van der Waals surface area contributed by atoms with Crippen LogP contribution in [0.25, 0.3) is 11.2 Å². The van der Waals surface area contributed by atoms with Crippen LogP contribution in [0.4, 0.5) is 5.95 Å². The first-order valence-corrected chi connectivity index (χ1v) is 7.73. The van der Waals surface area contributed by atoms with Crippen molar-refractivity contribution in [3.05, 3.63) is 33.5 Å². The van der Waals surface area contributed by atoms with Gasteiger partial charge in [0.1, 0.15) is 0 Å². The molecule has 1 fully saturated rings. The van der Waals surface area contributed by atoms with Gasteiger partial charge >= 0.3 is 5.69 Å². The minimum atomic E-state index is -0.382. The van der Waals surface area contributed by atoms with E-state index in [1.807, 2.05) is 4.57 Å². The van der Waals surface area contributed by atoms with Crippen molar-refractivity contribution >= 4 is 17.1 Å². The van der Waals surface area contributed by atoms with Gasteiger partial charge in [0, 0.05) is 39.8 Å². The monoisotopic (exact) mass is 318 g/mol. The van der Waals surface area contributed by atoms with Crippen LogP contribution in [0.15, 0.2) is 22.2 Å². The Morgan fingerprint density at radius 1 is 1.35 bits per heavy atom. The highest BCUT2D eigenvalue weighted by atomic mass is 16.2. The van der Waals surface area contributed by atoms with E-state index < -0.39 is 0 Å². The summed E-state index contributed by atoms with van der Waals surface area (Å²) in [5, 5.41) is 0. The van der Waals surface area contributed by atoms with E-state index in [2.05, 4.69) is 16.5 Å². The number of fused-ring (bicyclic) bond motifs is 1. The fourth-order valence-electron chi connectivity index (χ4n) is 3.17. The highest BCUT2D eigenvalue weighted by Gasteiger charge is 2.25. The van der Waals surface area contributed by atoms with E-state index in [1.165, 1.54) is 11.6 Å². The number of aryl methyl sites for hydroxylation is 1. The van der Waals surface area contributed by atoms with Crippen LogP contribution in [-0.4, -0.2) is 37.8 Å². The zero-order chi connectivity index (χ0) is 16.7. The largest absolute Gasteiger partial charge is 0.341 e. The van der Waals surface area contributed by atoms with Crippen LogP contribution < -0.4 is 21.9 Å². The molecule has 1 saturated heterocycles. The van der Waals surface area contributed by atoms with Crippen LogP contribution in [0.1, 0.15) is 12.8 Å². The van der Waals surface area contributed by atoms with Gasteiger partial charge in [-0.1, -0.05) is 6.08 Å². The Kier molecular flexibility index (Phi) is 3.85. The third kappa shape index (κ3) is 2.39. The van der Waals surface area contributed by atoms with Crippen molar-refractivity contribution in [2.45, 2.75) is 25.4 Å². The molecule has 0 aliphatic carbocycles. The lowest BCUT2D eigenvalue weighted by atomic mass is 10.1. The van der Waals surface area contributed by atoms with Crippen molar-refractivity contribution < 1.29 is 0 Å². The summed E-state index contributed by atoms with van der Waals surface area (Å²) in [6.45, 7) is 5.74. The second-order valence-corrected chi connectivity index (χ2v) is 6.04. The Morgan fingerprint density at radius 2 is 2.09 bits per heavy atom. The molecule has 0 spiro atoms. The van der Waals surface area contributed by atoms with Gasteiger partial charge in [-0.25, -0.2) is 4.79 Å². The van der Waals surface area contributed by atoms with Crippen LogP contribution in [0.5, 0.6) is 0 Å². The average Bonchev–Trinajstić information content (AvgIpc) is 2.91. The Labute approximate surface area is 133 Å². The highest BCUT2D eigenvalue weighted by Crippen LogP contribution is 2.22. The van der Waals surface area contributed by atoms with Gasteiger partial charge in [-0.3, -0.25) is 13.9 Å². The van der Waals surface area contributed by atoms with Crippen molar-refractivity contribution in [1.82, 2.24) is 18.7 Å². The molecule has 1 unspecified atom stereocenters. The second-order valence-electron chi connectivity index (χ2n) is 6.04. The SMILES string of the molecule is C=CCn1c(N2CCCC(N)C2)nc2c1c(=O)n(C)c(=O)n2C. The first kappa shape index (κ1) is 15.5. The third-order valence-corrected chi connectivity index (χ3v) is 4.38. The molecule has 1 aliphatic rings. The molecule has 0 aromatic carbocycles. The zero-order valence-electron chi connectivity index (χ0n) is 13.5. The topological polar surface area (TPSA) is 91.1 Å². The number of imidazole rings is 1. The maximum atomic E-state index is 12.6. The molecule has 3 heterocycles. The number of nitrogens with two attached hydrogens (primary N) is 1. The standard InChI is InChI=1S/C15H22N6O2/c1-4-7-21-11-12(18(2)15(23)19(3)13(11)22)17-14(21)20-8-5-6-10(16)9-20/h4,10H,1,5-9,16H2,2-3H3. The smallest absolute Gasteiger partial charge is 0.332 e. The fourth-order valence-corrected chi connectivity index (χ4v) is 3.17. The number of hydrogen-bond donors (Lipinski definition) is 1. The minimum absolute atomic E-state index is 0.0902. The Morgan fingerprint density at radius 3 is 2.74 bits per heavy atom. The molecule has 0 amide bonds. The first-order chi connectivity index (χ1) is 11.0. The van der Waals surface area contributed by atoms with E-state index in [0.717, 1.165) is 24.0 Å². The lowest BCUT2D eigenvalue weighted by molar-refractivity contribution is 0.495. The summed E-state index contributed by atoms with van der Waals surface area (Å²) in [5.41, 5.74) is 6.16. The van der Waals surface area contributed by atoms with Gasteiger partial charge in [0.05, 0.1) is 0 Å². The van der Waals surface area contributed by atoms with Crippen LogP contribution >= 0.6 is 0 Å². The molecule has 0 bridgehead atoms. The molecule has 2 aromatic rings. The zero-order valence-corrected chi connectivity index (χ0v) is 13.5. The van der Waals surface area contributed by atoms with Gasteiger partial charge in [0.2, 0.25) is 5.95 Å². The first-order valence-electron chi connectivity index (χ1n) is 7.73. The van der Waals surface area contributed by atoms with E-state index in [0.29, 0.717) is 30.2 Å². The van der Waals surface area contributed by atoms with Crippen LogP contribution in [-0.2, 0) is 20.6 Å². The summed E-state index contributed by atoms with van der Waals surface area (Å²) in [5.74, 6) is 0.674. The van der Waals surface area contributed by atoms with Gasteiger partial charge in [-0.15, -0.1) is 6.58 Å². The molecule has 8 nitrogen and oxygen atoms in total. The van der Waals surface area contributed by atoms with Gasteiger partial charge in [0.25, 0.3) is 5.56 Å². The van der Waals surface area contributed by atoms with Gasteiger partial charge in [-0.05, 0) is 12.8 Å². The van der Waals surface area contributed by atoms with Crippen molar-refractivity contribution in [2.75, 3.05) is 18.0 Å². The summed E-state index contributed by atoms with van der Waals surface area (Å²) in [6.07, 6.45) is 3.69. The molecule has 3 rings (SSSR count). The van der Waals surface area contributed by atoms with Crippen molar-refractivity contribution in [3.8, 4) is 0 Å². The van der Waals surface area contributed by atoms with E-state index in [-0.39, 0.29) is 17.3 Å². The van der Waals surface area contributed by atoms with E-state index >= 15 is 0 Å². The number of piperidine rings is 1. The summed E-state index contributed by atoms with van der Waals surface area (Å²) in [6, 6.07) is 0.0902. The maximum absolute atomic E-state index is 12.6. The average molecular weight is 318 g/mol. The summed E-state index contributed by atoms with van der Waals surface area (Å²) in [4.78, 5) is 31.4. The normalized spacial score (nSPS) is 18.6. The molecule has 2 N–H and O–H groups in total. The van der Waals surface area contributed by atoms with Crippen molar-refractivity contribution in [3.63, 3.8) is 0 Å². The predicted octanol–water partition coefficient (Wildman–Crippen LogP) is -0.453. The number of rotatable bonds is 3. The van der Waals surface area contributed by atoms with Gasteiger partial charge in [-0.2, -0.15) is 4.98 Å². The number of allylic oxidation sites excluding steroid dienone is 1. The predicted molar refractivity (Wildman–Crippen MR) is 89.8 cm³/mol. The number of aromatic nitrogens is 4. The van der Waals surface area contributed by atoms with Crippen LogP contribution in [0, 0.1) is 0 Å². The molecule has 0 saturated carbocycles. The Balaban J connectivity index is 2.30. The number of anilines is 1. The molecular weight excluding hydrogens is 296 g/mol. The lowest BCUT2D eigenvalue weighted by Gasteiger charge is -2.31. The lowest BCUT2D eigenvalue weighted by Crippen LogP contribution is -2.44. The quantitative estimate of drug-likeness (QED) is 0.774. The van der Waals surface area contributed by atoms with E-state index in [9.17, 15) is 9.59 Å². The van der Waals surface area contributed by atoms with Gasteiger partial charge < -0.3 is 15.2 Å². The number of nitrogens with zero attached hydrogens (tertiary/aromatic N) is 5. The highest BCUT2D eigenvalue weighted by molar-refractivity contribution is 5.74. The molecule has 1 aliphatic heterocycles. The molecule has 23 heavy (non-hydrogen) atoms. The Hall–Kier alpha value is -2.35. The number of hydrogen-bond acceptors (Lipinski definition) is 5. The van der Waals surface area contributed by atoms with E-state index in [4.69, 9.17) is 5.73 Å². The molecule has 124 valence electrons. The summed E-state index contributed by atoms with van der Waals surface area (Å²) < 4.78 is 4.33. The minimum Gasteiger partial charge on any atom is -0.341 e. The fraction of sp³-hybridized carbons (Fsp3) is 0.533. The molecule has 2 aromatic heterocycles. The van der Waals surface area contributed by atoms with Gasteiger partial charge in [0.15, 0.2) is 11.2 Å². The molecule has 1 atom stereocenters. The maximum Gasteiger partial charge on any atom is 0.332 e. The van der Waals surface area contributed by atoms with Crippen molar-refractivity contribution in [1.29, 1.82) is 0 Å². The molecule has 0 radical (unpaired) electrons. The van der Waals surface area contributed by atoms with E-state index in [1.54, 1.807) is 13.1 Å². The third-order valence-electron chi connectivity index (χ3n) is 4.38. The summed E-state index contributed by atoms with van der Waals surface area (Å²) >= 11 is 0. The van der Waals surface area contributed by atoms with Crippen LogP contribution in [0.3, 0.4) is 0 Å². The molecular formula is C15H22N6O2. The van der Waals surface area contributed by atoms with Crippen molar-refractivity contribution in [2.24, 2.45) is 19.8 Å². The summed E-state index contributed by atoms with van der Waals surface area (Å²) in [7, 11) is 3.10.